The second kappa shape index (κ2) is 6.56. The molecule has 3 rings (SSSR count). The zero-order valence-corrected chi connectivity index (χ0v) is 14.3. The monoisotopic (exact) mass is 346 g/mol. The van der Waals surface area contributed by atoms with Gasteiger partial charge in [0.25, 0.3) is 0 Å². The average Bonchev–Trinajstić information content (AvgIpc) is 2.94. The molecule has 1 aromatic heterocycles. The third kappa shape index (κ3) is 3.46. The Morgan fingerprint density at radius 3 is 2.87 bits per heavy atom. The van der Waals surface area contributed by atoms with Gasteiger partial charge in [0.1, 0.15) is 5.75 Å². The number of anilines is 1. The van der Waals surface area contributed by atoms with E-state index in [-0.39, 0.29) is 12.3 Å². The lowest BCUT2D eigenvalue weighted by Crippen LogP contribution is -2.13. The topological polar surface area (TPSA) is 51.2 Å². The molecule has 4 nitrogen and oxygen atoms in total. The Hall–Kier alpha value is -2.11. The predicted molar refractivity (Wildman–Crippen MR) is 95.2 cm³/mol. The first-order chi connectivity index (χ1) is 11.1. The van der Waals surface area contributed by atoms with Crippen LogP contribution in [-0.4, -0.2) is 24.4 Å². The van der Waals surface area contributed by atoms with Crippen LogP contribution in [-0.2, 0) is 0 Å². The summed E-state index contributed by atoms with van der Waals surface area (Å²) >= 11 is 7.59. The van der Waals surface area contributed by atoms with E-state index in [1.807, 2.05) is 19.1 Å². The maximum absolute atomic E-state index is 12.3. The molecule has 0 amide bonds. The molecule has 0 aliphatic rings. The fraction of sp³-hybridized carbons (Fsp3) is 0.176. The molecule has 118 valence electrons. The van der Waals surface area contributed by atoms with Crippen LogP contribution in [0.5, 0.6) is 5.75 Å². The SMILES string of the molecule is COc1ccc(C(=O)CNc2nc3ccc(C)cc3s2)cc1Cl. The van der Waals surface area contributed by atoms with Gasteiger partial charge in [-0.2, -0.15) is 0 Å². The first-order valence-electron chi connectivity index (χ1n) is 7.04. The minimum atomic E-state index is -0.0509. The van der Waals surface area contributed by atoms with Crippen LogP contribution in [0.4, 0.5) is 5.13 Å². The molecule has 1 N–H and O–H groups in total. The molecule has 0 unspecified atom stereocenters. The Kier molecular flexibility index (Phi) is 4.50. The van der Waals surface area contributed by atoms with E-state index in [0.29, 0.717) is 16.3 Å². The summed E-state index contributed by atoms with van der Waals surface area (Å²) in [4.78, 5) is 16.7. The van der Waals surface area contributed by atoms with Crippen molar-refractivity contribution in [3.05, 3.63) is 52.5 Å². The van der Waals surface area contributed by atoms with Crippen LogP contribution in [0.15, 0.2) is 36.4 Å². The van der Waals surface area contributed by atoms with Crippen LogP contribution in [0.1, 0.15) is 15.9 Å². The van der Waals surface area contributed by atoms with Crippen LogP contribution in [0.25, 0.3) is 10.2 Å². The van der Waals surface area contributed by atoms with Crippen molar-refractivity contribution in [3.8, 4) is 5.75 Å². The number of rotatable bonds is 5. The number of carbonyl (C=O) groups excluding carboxylic acids is 1. The summed E-state index contributed by atoms with van der Waals surface area (Å²) in [6.07, 6.45) is 0. The third-order valence-electron chi connectivity index (χ3n) is 3.42. The molecular formula is C17H15ClN2O2S. The van der Waals surface area contributed by atoms with Crippen molar-refractivity contribution in [1.82, 2.24) is 4.98 Å². The number of halogens is 1. The van der Waals surface area contributed by atoms with Gasteiger partial charge < -0.3 is 10.1 Å². The molecule has 0 aliphatic carbocycles. The zero-order valence-electron chi connectivity index (χ0n) is 12.7. The number of thiazole rings is 1. The molecule has 0 bridgehead atoms. The van der Waals surface area contributed by atoms with Crippen molar-refractivity contribution in [1.29, 1.82) is 0 Å². The summed E-state index contributed by atoms with van der Waals surface area (Å²) in [5.41, 5.74) is 2.67. The molecule has 0 saturated heterocycles. The van der Waals surface area contributed by atoms with E-state index in [1.165, 1.54) is 16.9 Å². The number of aryl methyl sites for hydroxylation is 1. The van der Waals surface area contributed by atoms with E-state index >= 15 is 0 Å². The molecule has 0 atom stereocenters. The smallest absolute Gasteiger partial charge is 0.184 e. The minimum Gasteiger partial charge on any atom is -0.495 e. The summed E-state index contributed by atoms with van der Waals surface area (Å²) in [7, 11) is 1.54. The van der Waals surface area contributed by atoms with Crippen LogP contribution in [0.2, 0.25) is 5.02 Å². The number of Topliss-reactive ketones (excluding diaryl/α,β-unsaturated/α-hetero) is 1. The Balaban J connectivity index is 1.71. The Morgan fingerprint density at radius 1 is 1.30 bits per heavy atom. The highest BCUT2D eigenvalue weighted by Crippen LogP contribution is 2.27. The van der Waals surface area contributed by atoms with Gasteiger partial charge in [-0.3, -0.25) is 4.79 Å². The number of fused-ring (bicyclic) bond motifs is 1. The summed E-state index contributed by atoms with van der Waals surface area (Å²) in [6.45, 7) is 2.21. The van der Waals surface area contributed by atoms with Gasteiger partial charge >= 0.3 is 0 Å². The summed E-state index contributed by atoms with van der Waals surface area (Å²) < 4.78 is 6.19. The Labute approximate surface area is 143 Å². The van der Waals surface area contributed by atoms with Gasteiger partial charge in [0.05, 0.1) is 28.9 Å². The van der Waals surface area contributed by atoms with Crippen LogP contribution in [0, 0.1) is 6.92 Å². The van der Waals surface area contributed by atoms with Crippen molar-refractivity contribution in [2.75, 3.05) is 19.0 Å². The van der Waals surface area contributed by atoms with E-state index in [2.05, 4.69) is 16.4 Å². The standard InChI is InChI=1S/C17H15ClN2O2S/c1-10-3-5-13-16(7-10)23-17(20-13)19-9-14(21)11-4-6-15(22-2)12(18)8-11/h3-8H,9H2,1-2H3,(H,19,20). The maximum Gasteiger partial charge on any atom is 0.184 e. The summed E-state index contributed by atoms with van der Waals surface area (Å²) in [6, 6.07) is 11.1. The molecule has 0 fully saturated rings. The number of ketones is 1. The molecule has 0 aliphatic heterocycles. The molecule has 6 heteroatoms. The van der Waals surface area contributed by atoms with Crippen LogP contribution >= 0.6 is 22.9 Å². The van der Waals surface area contributed by atoms with Gasteiger partial charge in [0.2, 0.25) is 0 Å². The first-order valence-corrected chi connectivity index (χ1v) is 8.24. The van der Waals surface area contributed by atoms with Crippen molar-refractivity contribution in [2.45, 2.75) is 6.92 Å². The Morgan fingerprint density at radius 2 is 2.13 bits per heavy atom. The van der Waals surface area contributed by atoms with Gasteiger partial charge in [0.15, 0.2) is 10.9 Å². The lowest BCUT2D eigenvalue weighted by Gasteiger charge is -2.06. The Bertz CT molecular complexity index is 876. The number of carbonyl (C=O) groups is 1. The van der Waals surface area contributed by atoms with E-state index < -0.39 is 0 Å². The lowest BCUT2D eigenvalue weighted by atomic mass is 10.1. The van der Waals surface area contributed by atoms with Gasteiger partial charge in [0, 0.05) is 5.56 Å². The molecule has 3 aromatic rings. The highest BCUT2D eigenvalue weighted by Gasteiger charge is 2.10. The minimum absolute atomic E-state index is 0.0509. The van der Waals surface area contributed by atoms with E-state index in [0.717, 1.165) is 15.3 Å². The molecule has 1 heterocycles. The largest absolute Gasteiger partial charge is 0.495 e. The van der Waals surface area contributed by atoms with Gasteiger partial charge in [-0.25, -0.2) is 4.98 Å². The molecule has 23 heavy (non-hydrogen) atoms. The van der Waals surface area contributed by atoms with E-state index in [9.17, 15) is 4.79 Å². The highest BCUT2D eigenvalue weighted by molar-refractivity contribution is 7.22. The van der Waals surface area contributed by atoms with E-state index in [4.69, 9.17) is 16.3 Å². The quantitative estimate of drug-likeness (QED) is 0.688. The number of aromatic nitrogens is 1. The second-order valence-electron chi connectivity index (χ2n) is 5.12. The molecular weight excluding hydrogens is 332 g/mol. The third-order valence-corrected chi connectivity index (χ3v) is 4.69. The fourth-order valence-corrected chi connectivity index (χ4v) is 3.42. The van der Waals surface area contributed by atoms with Crippen molar-refractivity contribution >= 4 is 44.1 Å². The van der Waals surface area contributed by atoms with Gasteiger partial charge in [-0.05, 0) is 42.8 Å². The number of benzene rings is 2. The normalized spacial score (nSPS) is 10.7. The maximum atomic E-state index is 12.3. The second-order valence-corrected chi connectivity index (χ2v) is 6.55. The van der Waals surface area contributed by atoms with Crippen LogP contribution < -0.4 is 10.1 Å². The van der Waals surface area contributed by atoms with Crippen LogP contribution in [0.3, 0.4) is 0 Å². The first kappa shape index (κ1) is 15.8. The van der Waals surface area contributed by atoms with E-state index in [1.54, 1.807) is 25.3 Å². The fourth-order valence-electron chi connectivity index (χ4n) is 2.21. The van der Waals surface area contributed by atoms with Crippen molar-refractivity contribution < 1.29 is 9.53 Å². The van der Waals surface area contributed by atoms with Crippen molar-refractivity contribution in [2.24, 2.45) is 0 Å². The zero-order chi connectivity index (χ0) is 16.4. The number of ether oxygens (including phenoxy) is 1. The number of methoxy groups -OCH3 is 1. The number of nitrogens with zero attached hydrogens (tertiary/aromatic N) is 1. The molecule has 0 spiro atoms. The van der Waals surface area contributed by atoms with Gasteiger partial charge in [-0.15, -0.1) is 0 Å². The highest BCUT2D eigenvalue weighted by atomic mass is 35.5. The summed E-state index contributed by atoms with van der Waals surface area (Å²) in [5.74, 6) is 0.503. The number of nitrogens with one attached hydrogen (secondary N) is 1. The summed E-state index contributed by atoms with van der Waals surface area (Å²) in [5, 5.41) is 4.24. The predicted octanol–water partition coefficient (Wildman–Crippen LogP) is 4.56. The average molecular weight is 347 g/mol. The molecule has 0 saturated carbocycles. The van der Waals surface area contributed by atoms with Crippen molar-refractivity contribution in [3.63, 3.8) is 0 Å². The lowest BCUT2D eigenvalue weighted by molar-refractivity contribution is 0.101. The number of hydrogen-bond donors (Lipinski definition) is 1. The molecule has 2 aromatic carbocycles. The molecule has 0 radical (unpaired) electrons. The van der Waals surface area contributed by atoms with Gasteiger partial charge in [-0.1, -0.05) is 29.0 Å². The number of hydrogen-bond acceptors (Lipinski definition) is 5.